The minimum absolute atomic E-state index is 0.0530. The molecule has 2 N–H and O–H groups in total. The normalized spacial score (nSPS) is 10.1. The van der Waals surface area contributed by atoms with Gasteiger partial charge in [-0.15, -0.1) is 0 Å². The molecule has 0 spiro atoms. The molecule has 2 rings (SSSR count). The largest absolute Gasteiger partial charge is 0.494 e. The van der Waals surface area contributed by atoms with Crippen molar-refractivity contribution in [3.63, 3.8) is 0 Å². The Labute approximate surface area is 164 Å². The average Bonchev–Trinajstić information content (AvgIpc) is 2.61. The van der Waals surface area contributed by atoms with Crippen molar-refractivity contribution in [2.24, 2.45) is 0 Å². The van der Waals surface area contributed by atoms with Gasteiger partial charge in [0.15, 0.2) is 5.11 Å². The van der Waals surface area contributed by atoms with Gasteiger partial charge >= 0.3 is 0 Å². The number of nitrogens with zero attached hydrogens (tertiary/aromatic N) is 1. The Bertz CT molecular complexity index is 827. The van der Waals surface area contributed by atoms with Crippen LogP contribution in [0, 0.1) is 10.1 Å². The monoisotopic (exact) mass is 437 g/mol. The van der Waals surface area contributed by atoms with Crippen molar-refractivity contribution >= 4 is 50.5 Å². The van der Waals surface area contributed by atoms with Gasteiger partial charge in [0.25, 0.3) is 11.6 Å². The summed E-state index contributed by atoms with van der Waals surface area (Å²) in [6.45, 7) is 2.63. The van der Waals surface area contributed by atoms with Gasteiger partial charge in [0.2, 0.25) is 0 Å². The van der Waals surface area contributed by atoms with Gasteiger partial charge in [0.1, 0.15) is 5.75 Å². The van der Waals surface area contributed by atoms with Crippen LogP contribution in [0.3, 0.4) is 0 Å². The highest BCUT2D eigenvalue weighted by molar-refractivity contribution is 9.10. The molecule has 2 aromatic rings. The molecular weight excluding hydrogens is 422 g/mol. The highest BCUT2D eigenvalue weighted by Crippen LogP contribution is 2.27. The molecule has 0 fully saturated rings. The topological polar surface area (TPSA) is 93.5 Å². The zero-order valence-electron chi connectivity index (χ0n) is 13.8. The fourth-order valence-electron chi connectivity index (χ4n) is 1.97. The zero-order valence-corrected chi connectivity index (χ0v) is 16.2. The molecule has 26 heavy (non-hydrogen) atoms. The van der Waals surface area contributed by atoms with Crippen molar-refractivity contribution < 1.29 is 14.5 Å². The van der Waals surface area contributed by atoms with E-state index in [-0.39, 0.29) is 16.7 Å². The van der Waals surface area contributed by atoms with Crippen molar-refractivity contribution in [3.05, 3.63) is 62.6 Å². The third kappa shape index (κ3) is 5.50. The Balaban J connectivity index is 1.96. The standard InChI is InChI=1S/C17H16BrN3O4S/c1-2-9-25-13-6-3-11(4-7-13)16(22)20-17(26)19-15-8-5-12(21(23)24)10-14(15)18/h3-8,10H,2,9H2,1H3,(H2,19,20,22,26). The molecule has 0 unspecified atom stereocenters. The van der Waals surface area contributed by atoms with Crippen molar-refractivity contribution in [1.82, 2.24) is 5.32 Å². The van der Waals surface area contributed by atoms with Crippen LogP contribution in [0.25, 0.3) is 0 Å². The molecule has 2 aromatic carbocycles. The predicted molar refractivity (Wildman–Crippen MR) is 107 cm³/mol. The van der Waals surface area contributed by atoms with Crippen LogP contribution in [0.15, 0.2) is 46.9 Å². The number of nitrogens with one attached hydrogen (secondary N) is 2. The van der Waals surface area contributed by atoms with Crippen molar-refractivity contribution in [3.8, 4) is 5.75 Å². The Morgan fingerprint density at radius 1 is 1.27 bits per heavy atom. The van der Waals surface area contributed by atoms with Gasteiger partial charge < -0.3 is 10.1 Å². The van der Waals surface area contributed by atoms with E-state index in [0.29, 0.717) is 28.1 Å². The molecular formula is C17H16BrN3O4S. The lowest BCUT2D eigenvalue weighted by Gasteiger charge is -2.11. The van der Waals surface area contributed by atoms with Crippen molar-refractivity contribution in [2.75, 3.05) is 11.9 Å². The number of carbonyl (C=O) groups excluding carboxylic acids is 1. The van der Waals surface area contributed by atoms with Gasteiger partial charge in [-0.25, -0.2) is 0 Å². The van der Waals surface area contributed by atoms with E-state index >= 15 is 0 Å². The summed E-state index contributed by atoms with van der Waals surface area (Å²) in [4.78, 5) is 22.5. The summed E-state index contributed by atoms with van der Waals surface area (Å²) in [5.74, 6) is 0.321. The summed E-state index contributed by atoms with van der Waals surface area (Å²) < 4.78 is 5.93. The number of ether oxygens (including phenoxy) is 1. The zero-order chi connectivity index (χ0) is 19.1. The van der Waals surface area contributed by atoms with E-state index in [9.17, 15) is 14.9 Å². The third-order valence-corrected chi connectivity index (χ3v) is 4.09. The second kappa shape index (κ2) is 9.25. The summed E-state index contributed by atoms with van der Waals surface area (Å²) in [6.07, 6.45) is 0.903. The average molecular weight is 438 g/mol. The van der Waals surface area contributed by atoms with Gasteiger partial charge in [-0.05, 0) is 64.9 Å². The summed E-state index contributed by atoms with van der Waals surface area (Å²) in [7, 11) is 0. The first-order valence-electron chi connectivity index (χ1n) is 7.70. The lowest BCUT2D eigenvalue weighted by molar-refractivity contribution is -0.384. The summed E-state index contributed by atoms with van der Waals surface area (Å²) in [6, 6.07) is 10.9. The number of nitro benzene ring substituents is 1. The highest BCUT2D eigenvalue weighted by atomic mass is 79.9. The number of thiocarbonyl (C=S) groups is 1. The van der Waals surface area contributed by atoms with E-state index in [4.69, 9.17) is 17.0 Å². The van der Waals surface area contributed by atoms with Crippen LogP contribution in [0.1, 0.15) is 23.7 Å². The van der Waals surface area contributed by atoms with Crippen molar-refractivity contribution in [1.29, 1.82) is 0 Å². The summed E-state index contributed by atoms with van der Waals surface area (Å²) >= 11 is 8.35. The van der Waals surface area contributed by atoms with E-state index in [1.165, 1.54) is 18.2 Å². The minimum atomic E-state index is -0.497. The molecule has 0 saturated carbocycles. The van der Waals surface area contributed by atoms with Crippen LogP contribution >= 0.6 is 28.1 Å². The molecule has 0 aliphatic rings. The molecule has 0 aliphatic heterocycles. The maximum Gasteiger partial charge on any atom is 0.270 e. The number of non-ortho nitro benzene ring substituents is 1. The molecule has 9 heteroatoms. The fraction of sp³-hybridized carbons (Fsp3) is 0.176. The van der Waals surface area contributed by atoms with Crippen molar-refractivity contribution in [2.45, 2.75) is 13.3 Å². The molecule has 0 aliphatic carbocycles. The minimum Gasteiger partial charge on any atom is -0.494 e. The maximum absolute atomic E-state index is 12.2. The van der Waals surface area contributed by atoms with Gasteiger partial charge in [-0.3, -0.25) is 20.2 Å². The van der Waals surface area contributed by atoms with E-state index in [1.807, 2.05) is 6.92 Å². The molecule has 1 amide bonds. The molecule has 136 valence electrons. The maximum atomic E-state index is 12.2. The second-order valence-corrected chi connectivity index (χ2v) is 6.46. The fourth-order valence-corrected chi connectivity index (χ4v) is 2.64. The first-order valence-corrected chi connectivity index (χ1v) is 8.90. The van der Waals surface area contributed by atoms with Crippen LogP contribution in [-0.2, 0) is 0 Å². The smallest absolute Gasteiger partial charge is 0.270 e. The molecule has 7 nitrogen and oxygen atoms in total. The number of halogens is 1. The number of rotatable bonds is 6. The second-order valence-electron chi connectivity index (χ2n) is 5.20. The number of anilines is 1. The highest BCUT2D eigenvalue weighted by Gasteiger charge is 2.12. The van der Waals surface area contributed by atoms with Crippen LogP contribution in [0.5, 0.6) is 5.75 Å². The number of benzene rings is 2. The summed E-state index contributed by atoms with van der Waals surface area (Å²) in [5.41, 5.74) is 0.882. The molecule has 0 saturated heterocycles. The molecule has 0 atom stereocenters. The van der Waals surface area contributed by atoms with Gasteiger partial charge in [0.05, 0.1) is 17.2 Å². The Kier molecular flexibility index (Phi) is 7.05. The first kappa shape index (κ1) is 19.8. The molecule has 0 radical (unpaired) electrons. The first-order chi connectivity index (χ1) is 12.4. The molecule has 0 bridgehead atoms. The van der Waals surface area contributed by atoms with Gasteiger partial charge in [0, 0.05) is 22.2 Å². The Morgan fingerprint density at radius 2 is 1.96 bits per heavy atom. The van der Waals surface area contributed by atoms with E-state index in [1.54, 1.807) is 24.3 Å². The number of hydrogen-bond acceptors (Lipinski definition) is 5. The van der Waals surface area contributed by atoms with E-state index in [2.05, 4.69) is 26.6 Å². The van der Waals surface area contributed by atoms with Crippen LogP contribution < -0.4 is 15.4 Å². The third-order valence-electron chi connectivity index (χ3n) is 3.23. The van der Waals surface area contributed by atoms with E-state index in [0.717, 1.165) is 6.42 Å². The van der Waals surface area contributed by atoms with E-state index < -0.39 is 4.92 Å². The molecule has 0 aromatic heterocycles. The SMILES string of the molecule is CCCOc1ccc(C(=O)NC(=S)Nc2ccc([N+](=O)[O-])cc2Br)cc1. The predicted octanol–water partition coefficient (Wildman–Crippen LogP) is 4.27. The van der Waals surface area contributed by atoms with Gasteiger partial charge in [-0.1, -0.05) is 6.92 Å². The number of amides is 1. The Hall–Kier alpha value is -2.52. The lowest BCUT2D eigenvalue weighted by atomic mass is 10.2. The number of carbonyl (C=O) groups is 1. The number of nitro groups is 1. The lowest BCUT2D eigenvalue weighted by Crippen LogP contribution is -2.34. The number of hydrogen-bond donors (Lipinski definition) is 2. The molecule has 0 heterocycles. The Morgan fingerprint density at radius 3 is 2.54 bits per heavy atom. The van der Waals surface area contributed by atoms with Crippen LogP contribution in [-0.4, -0.2) is 22.5 Å². The van der Waals surface area contributed by atoms with Crippen LogP contribution in [0.4, 0.5) is 11.4 Å². The quantitative estimate of drug-likeness (QED) is 0.398. The summed E-state index contributed by atoms with van der Waals surface area (Å²) in [5, 5.41) is 16.2. The van der Waals surface area contributed by atoms with Crippen LogP contribution in [0.2, 0.25) is 0 Å². The van der Waals surface area contributed by atoms with Gasteiger partial charge in [-0.2, -0.15) is 0 Å².